The van der Waals surface area contributed by atoms with Gasteiger partial charge in [0.2, 0.25) is 5.89 Å². The first-order valence-electron chi connectivity index (χ1n) is 7.13. The maximum Gasteiger partial charge on any atom is 0.243 e. The van der Waals surface area contributed by atoms with E-state index in [-0.39, 0.29) is 5.82 Å². The second kappa shape index (κ2) is 6.48. The molecular weight excluding hydrogens is 317 g/mol. The maximum atomic E-state index is 13.0. The molecule has 1 atom stereocenters. The molecular formula is C17H15ClFN3O. The molecule has 0 aliphatic heterocycles. The van der Waals surface area contributed by atoms with E-state index in [4.69, 9.17) is 21.9 Å². The van der Waals surface area contributed by atoms with Gasteiger partial charge in [-0.1, -0.05) is 41.0 Å². The molecule has 1 aromatic heterocycles. The van der Waals surface area contributed by atoms with E-state index in [1.807, 2.05) is 18.2 Å². The predicted molar refractivity (Wildman–Crippen MR) is 86.5 cm³/mol. The van der Waals surface area contributed by atoms with E-state index >= 15 is 0 Å². The molecule has 4 nitrogen and oxygen atoms in total. The number of nitrogens with zero attached hydrogens (tertiary/aromatic N) is 2. The molecule has 1 heterocycles. The smallest absolute Gasteiger partial charge is 0.243 e. The summed E-state index contributed by atoms with van der Waals surface area (Å²) in [6.45, 7) is 1.74. The van der Waals surface area contributed by atoms with Crippen LogP contribution < -0.4 is 5.73 Å². The lowest BCUT2D eigenvalue weighted by atomic mass is 10.0. The average Bonchev–Trinajstić information content (AvgIpc) is 2.97. The molecule has 2 N–H and O–H groups in total. The molecule has 0 spiro atoms. The maximum absolute atomic E-state index is 13.0. The summed E-state index contributed by atoms with van der Waals surface area (Å²) in [4.78, 5) is 4.13. The first-order valence-corrected chi connectivity index (χ1v) is 7.51. The van der Waals surface area contributed by atoms with Crippen molar-refractivity contribution in [1.29, 1.82) is 0 Å². The van der Waals surface area contributed by atoms with Gasteiger partial charge in [-0.2, -0.15) is 4.98 Å². The third-order valence-corrected chi connectivity index (χ3v) is 3.88. The first kappa shape index (κ1) is 15.6. The van der Waals surface area contributed by atoms with E-state index in [2.05, 4.69) is 10.1 Å². The number of halogens is 2. The number of hydrogen-bond acceptors (Lipinski definition) is 4. The lowest BCUT2D eigenvalue weighted by molar-refractivity contribution is 0.351. The van der Waals surface area contributed by atoms with Crippen LogP contribution in [0.1, 0.15) is 23.3 Å². The van der Waals surface area contributed by atoms with Crippen LogP contribution in [0.2, 0.25) is 5.02 Å². The van der Waals surface area contributed by atoms with Crippen LogP contribution in [0.25, 0.3) is 11.1 Å². The van der Waals surface area contributed by atoms with Crippen molar-refractivity contribution in [2.45, 2.75) is 19.4 Å². The molecule has 0 saturated carbocycles. The molecule has 118 valence electrons. The predicted octanol–water partition coefficient (Wildman–Crippen LogP) is 4.08. The fourth-order valence-corrected chi connectivity index (χ4v) is 2.58. The Labute approximate surface area is 138 Å². The molecule has 0 saturated heterocycles. The number of aryl methyl sites for hydroxylation is 1. The average molecular weight is 332 g/mol. The zero-order valence-corrected chi connectivity index (χ0v) is 13.2. The molecule has 0 amide bonds. The largest absolute Gasteiger partial charge is 0.338 e. The topological polar surface area (TPSA) is 64.9 Å². The third-order valence-electron chi connectivity index (χ3n) is 3.53. The van der Waals surface area contributed by atoms with Crippen LogP contribution in [0.15, 0.2) is 47.0 Å². The number of benzene rings is 2. The van der Waals surface area contributed by atoms with E-state index in [0.29, 0.717) is 23.2 Å². The van der Waals surface area contributed by atoms with Crippen molar-refractivity contribution in [2.24, 2.45) is 5.73 Å². The normalized spacial score (nSPS) is 12.3. The molecule has 3 rings (SSSR count). The Morgan fingerprint density at radius 1 is 1.17 bits per heavy atom. The summed E-state index contributed by atoms with van der Waals surface area (Å²) in [5.74, 6) is 0.673. The second-order valence-electron chi connectivity index (χ2n) is 5.30. The van der Waals surface area contributed by atoms with Crippen LogP contribution in [-0.4, -0.2) is 10.1 Å². The minimum atomic E-state index is -0.412. The zero-order chi connectivity index (χ0) is 16.4. The van der Waals surface area contributed by atoms with Gasteiger partial charge in [0.1, 0.15) is 5.82 Å². The van der Waals surface area contributed by atoms with E-state index in [0.717, 1.165) is 16.7 Å². The van der Waals surface area contributed by atoms with Gasteiger partial charge in [0, 0.05) is 5.02 Å². The summed E-state index contributed by atoms with van der Waals surface area (Å²) in [7, 11) is 0. The highest BCUT2D eigenvalue weighted by molar-refractivity contribution is 6.31. The van der Waals surface area contributed by atoms with Crippen LogP contribution in [0.3, 0.4) is 0 Å². The van der Waals surface area contributed by atoms with Crippen LogP contribution in [0.5, 0.6) is 0 Å². The van der Waals surface area contributed by atoms with E-state index in [1.54, 1.807) is 19.1 Å². The van der Waals surface area contributed by atoms with Crippen molar-refractivity contribution >= 4 is 11.6 Å². The quantitative estimate of drug-likeness (QED) is 0.782. The van der Waals surface area contributed by atoms with Gasteiger partial charge in [-0.15, -0.1) is 0 Å². The molecule has 0 radical (unpaired) electrons. The molecule has 6 heteroatoms. The number of hydrogen-bond donors (Lipinski definition) is 1. The molecule has 0 aliphatic rings. The third kappa shape index (κ3) is 3.57. The van der Waals surface area contributed by atoms with Crippen molar-refractivity contribution < 1.29 is 8.91 Å². The highest BCUT2D eigenvalue weighted by atomic mass is 35.5. The second-order valence-corrected chi connectivity index (χ2v) is 5.71. The SMILES string of the molecule is Cc1noc([C@H](N)Cc2ccc(-c3ccc(F)cc3)cc2Cl)n1. The van der Waals surface area contributed by atoms with Gasteiger partial charge in [-0.3, -0.25) is 0 Å². The molecule has 0 fully saturated rings. The highest BCUT2D eigenvalue weighted by Gasteiger charge is 2.16. The Hall–Kier alpha value is -2.24. The zero-order valence-electron chi connectivity index (χ0n) is 12.5. The fourth-order valence-electron chi connectivity index (χ4n) is 2.32. The molecule has 0 unspecified atom stereocenters. The van der Waals surface area contributed by atoms with Gasteiger partial charge < -0.3 is 10.3 Å². The van der Waals surface area contributed by atoms with Crippen molar-refractivity contribution in [1.82, 2.24) is 10.1 Å². The molecule has 23 heavy (non-hydrogen) atoms. The van der Waals surface area contributed by atoms with Crippen molar-refractivity contribution in [3.63, 3.8) is 0 Å². The van der Waals surface area contributed by atoms with Crippen LogP contribution >= 0.6 is 11.6 Å². The molecule has 3 aromatic rings. The van der Waals surface area contributed by atoms with Gasteiger partial charge in [-0.05, 0) is 48.2 Å². The summed E-state index contributed by atoms with van der Waals surface area (Å²) >= 11 is 6.35. The Morgan fingerprint density at radius 2 is 1.87 bits per heavy atom. The summed E-state index contributed by atoms with van der Waals surface area (Å²) in [5, 5.41) is 4.33. The van der Waals surface area contributed by atoms with Crippen molar-refractivity contribution in [3.05, 3.63) is 70.6 Å². The van der Waals surface area contributed by atoms with E-state index in [9.17, 15) is 4.39 Å². The van der Waals surface area contributed by atoms with Gasteiger partial charge in [0.05, 0.1) is 6.04 Å². The Kier molecular flexibility index (Phi) is 4.41. The van der Waals surface area contributed by atoms with E-state index in [1.165, 1.54) is 12.1 Å². The Morgan fingerprint density at radius 3 is 2.48 bits per heavy atom. The number of aromatic nitrogens is 2. The molecule has 2 aromatic carbocycles. The Balaban J connectivity index is 1.80. The van der Waals surface area contributed by atoms with Crippen LogP contribution in [-0.2, 0) is 6.42 Å². The summed E-state index contributed by atoms with van der Waals surface area (Å²) in [6.07, 6.45) is 0.490. The summed E-state index contributed by atoms with van der Waals surface area (Å²) in [6, 6.07) is 11.5. The fraction of sp³-hybridized carbons (Fsp3) is 0.176. The summed E-state index contributed by atoms with van der Waals surface area (Å²) < 4.78 is 18.1. The van der Waals surface area contributed by atoms with Gasteiger partial charge >= 0.3 is 0 Å². The number of rotatable bonds is 4. The molecule has 0 bridgehead atoms. The Bertz CT molecular complexity index is 817. The van der Waals surface area contributed by atoms with Crippen LogP contribution in [0, 0.1) is 12.7 Å². The minimum Gasteiger partial charge on any atom is -0.338 e. The standard InChI is InChI=1S/C17H15ClFN3O/c1-10-21-17(23-22-10)16(20)9-13-3-2-12(8-15(13)18)11-4-6-14(19)7-5-11/h2-8,16H,9,20H2,1H3/t16-/m1/s1. The van der Waals surface area contributed by atoms with Crippen LogP contribution in [0.4, 0.5) is 4.39 Å². The molecule has 0 aliphatic carbocycles. The summed E-state index contributed by atoms with van der Waals surface area (Å²) in [5.41, 5.74) is 8.79. The van der Waals surface area contributed by atoms with Crippen molar-refractivity contribution in [3.8, 4) is 11.1 Å². The van der Waals surface area contributed by atoms with Gasteiger partial charge in [-0.25, -0.2) is 4.39 Å². The first-order chi connectivity index (χ1) is 11.0. The van der Waals surface area contributed by atoms with Crippen molar-refractivity contribution in [2.75, 3.05) is 0 Å². The lowest BCUT2D eigenvalue weighted by Gasteiger charge is -2.10. The minimum absolute atomic E-state index is 0.266. The van der Waals surface area contributed by atoms with E-state index < -0.39 is 6.04 Å². The monoisotopic (exact) mass is 331 g/mol. The number of nitrogens with two attached hydrogens (primary N) is 1. The van der Waals surface area contributed by atoms with Gasteiger partial charge in [0.25, 0.3) is 0 Å². The van der Waals surface area contributed by atoms with Gasteiger partial charge in [0.15, 0.2) is 5.82 Å². The lowest BCUT2D eigenvalue weighted by Crippen LogP contribution is -2.14. The highest BCUT2D eigenvalue weighted by Crippen LogP contribution is 2.28.